The summed E-state index contributed by atoms with van der Waals surface area (Å²) in [6, 6.07) is 10.1. The van der Waals surface area contributed by atoms with Crippen LogP contribution in [0, 0.1) is 0 Å². The average Bonchev–Trinajstić information content (AvgIpc) is 2.35. The van der Waals surface area contributed by atoms with Crippen molar-refractivity contribution in [3.8, 4) is 0 Å². The van der Waals surface area contributed by atoms with Crippen LogP contribution in [0.4, 0.5) is 0 Å². The van der Waals surface area contributed by atoms with Crippen LogP contribution in [0.5, 0.6) is 0 Å². The Kier molecular flexibility index (Phi) is 7.63. The van der Waals surface area contributed by atoms with Gasteiger partial charge in [-0.3, -0.25) is 0 Å². The highest BCUT2D eigenvalue weighted by atomic mass is 16.5. The van der Waals surface area contributed by atoms with Crippen molar-refractivity contribution < 1.29 is 14.9 Å². The van der Waals surface area contributed by atoms with Gasteiger partial charge in [0.25, 0.3) is 0 Å². The second-order valence-electron chi connectivity index (χ2n) is 4.20. The highest BCUT2D eigenvalue weighted by Gasteiger charge is 2.02. The Balaban J connectivity index is 1.95. The standard InChI is InChI=1S/C14H22O3/c15-10-9-14(16)8-4-5-11-17-12-13-6-2-1-3-7-13/h1-3,6-7,14-16H,4-5,8-12H2/t14-/m0/s1. The Hall–Kier alpha value is -0.900. The van der Waals surface area contributed by atoms with Gasteiger partial charge in [0.05, 0.1) is 12.7 Å². The molecule has 3 nitrogen and oxygen atoms in total. The van der Waals surface area contributed by atoms with Gasteiger partial charge in [-0.15, -0.1) is 0 Å². The van der Waals surface area contributed by atoms with Crippen LogP contribution >= 0.6 is 0 Å². The first-order valence-corrected chi connectivity index (χ1v) is 6.23. The van der Waals surface area contributed by atoms with E-state index in [0.29, 0.717) is 13.0 Å². The van der Waals surface area contributed by atoms with Crippen LogP contribution in [-0.2, 0) is 11.3 Å². The Morgan fingerprint density at radius 3 is 2.53 bits per heavy atom. The summed E-state index contributed by atoms with van der Waals surface area (Å²) in [6.07, 6.45) is 2.75. The van der Waals surface area contributed by atoms with E-state index in [1.165, 1.54) is 5.56 Å². The number of unbranched alkanes of at least 4 members (excludes halogenated alkanes) is 1. The van der Waals surface area contributed by atoms with Gasteiger partial charge in [0.15, 0.2) is 0 Å². The first-order chi connectivity index (χ1) is 8.33. The molecule has 96 valence electrons. The van der Waals surface area contributed by atoms with E-state index >= 15 is 0 Å². The number of aliphatic hydroxyl groups excluding tert-OH is 2. The highest BCUT2D eigenvalue weighted by Crippen LogP contribution is 2.05. The quantitative estimate of drug-likeness (QED) is 0.648. The van der Waals surface area contributed by atoms with Gasteiger partial charge in [-0.2, -0.15) is 0 Å². The van der Waals surface area contributed by atoms with Gasteiger partial charge in [0, 0.05) is 13.2 Å². The summed E-state index contributed by atoms with van der Waals surface area (Å²) in [5.74, 6) is 0. The van der Waals surface area contributed by atoms with Gasteiger partial charge < -0.3 is 14.9 Å². The molecule has 0 unspecified atom stereocenters. The fourth-order valence-electron chi connectivity index (χ4n) is 1.64. The molecular weight excluding hydrogens is 216 g/mol. The highest BCUT2D eigenvalue weighted by molar-refractivity contribution is 5.13. The minimum absolute atomic E-state index is 0.0612. The monoisotopic (exact) mass is 238 g/mol. The predicted octanol–water partition coefficient (Wildman–Crippen LogP) is 2.12. The zero-order chi connectivity index (χ0) is 12.3. The molecular formula is C14H22O3. The van der Waals surface area contributed by atoms with E-state index in [1.54, 1.807) is 0 Å². The zero-order valence-corrected chi connectivity index (χ0v) is 10.2. The summed E-state index contributed by atoms with van der Waals surface area (Å²) in [4.78, 5) is 0. The molecule has 0 aromatic heterocycles. The number of benzene rings is 1. The summed E-state index contributed by atoms with van der Waals surface area (Å²) < 4.78 is 5.53. The molecule has 3 heteroatoms. The van der Waals surface area contributed by atoms with E-state index in [9.17, 15) is 5.11 Å². The Labute approximate surface area is 103 Å². The largest absolute Gasteiger partial charge is 0.396 e. The molecule has 0 amide bonds. The SMILES string of the molecule is OCC[C@@H](O)CCCCOCc1ccccc1. The first kappa shape index (κ1) is 14.2. The number of hydrogen-bond acceptors (Lipinski definition) is 3. The van der Waals surface area contributed by atoms with Crippen molar-refractivity contribution in [2.75, 3.05) is 13.2 Å². The second-order valence-corrected chi connectivity index (χ2v) is 4.20. The van der Waals surface area contributed by atoms with Gasteiger partial charge in [0.2, 0.25) is 0 Å². The average molecular weight is 238 g/mol. The van der Waals surface area contributed by atoms with Crippen molar-refractivity contribution in [3.05, 3.63) is 35.9 Å². The van der Waals surface area contributed by atoms with E-state index < -0.39 is 0 Å². The molecule has 2 N–H and O–H groups in total. The maximum Gasteiger partial charge on any atom is 0.0716 e. The number of hydrogen-bond donors (Lipinski definition) is 2. The van der Waals surface area contributed by atoms with E-state index in [0.717, 1.165) is 25.9 Å². The molecule has 0 aliphatic heterocycles. The minimum atomic E-state index is -0.367. The lowest BCUT2D eigenvalue weighted by Crippen LogP contribution is -2.08. The minimum Gasteiger partial charge on any atom is -0.396 e. The van der Waals surface area contributed by atoms with Gasteiger partial charge in [0.1, 0.15) is 0 Å². The Morgan fingerprint density at radius 1 is 1.06 bits per heavy atom. The fraction of sp³-hybridized carbons (Fsp3) is 0.571. The normalized spacial score (nSPS) is 12.6. The Morgan fingerprint density at radius 2 is 1.82 bits per heavy atom. The molecule has 0 aliphatic carbocycles. The molecule has 0 saturated carbocycles. The molecule has 1 atom stereocenters. The lowest BCUT2D eigenvalue weighted by molar-refractivity contribution is 0.101. The van der Waals surface area contributed by atoms with Crippen molar-refractivity contribution in [3.63, 3.8) is 0 Å². The van der Waals surface area contributed by atoms with E-state index in [4.69, 9.17) is 9.84 Å². The molecule has 0 saturated heterocycles. The van der Waals surface area contributed by atoms with E-state index in [2.05, 4.69) is 0 Å². The van der Waals surface area contributed by atoms with Crippen LogP contribution < -0.4 is 0 Å². The van der Waals surface area contributed by atoms with Crippen LogP contribution in [-0.4, -0.2) is 29.5 Å². The van der Waals surface area contributed by atoms with Crippen molar-refractivity contribution >= 4 is 0 Å². The third-order valence-corrected chi connectivity index (χ3v) is 2.65. The zero-order valence-electron chi connectivity index (χ0n) is 10.2. The summed E-state index contributed by atoms with van der Waals surface area (Å²) in [5.41, 5.74) is 1.19. The lowest BCUT2D eigenvalue weighted by atomic mass is 10.1. The smallest absolute Gasteiger partial charge is 0.0716 e. The number of ether oxygens (including phenoxy) is 1. The van der Waals surface area contributed by atoms with Gasteiger partial charge in [-0.05, 0) is 31.2 Å². The van der Waals surface area contributed by atoms with Crippen molar-refractivity contribution in [1.82, 2.24) is 0 Å². The summed E-state index contributed by atoms with van der Waals surface area (Å²) in [7, 11) is 0. The maximum absolute atomic E-state index is 9.38. The fourth-order valence-corrected chi connectivity index (χ4v) is 1.64. The molecule has 17 heavy (non-hydrogen) atoms. The number of aliphatic hydroxyl groups is 2. The third-order valence-electron chi connectivity index (χ3n) is 2.65. The molecule has 1 aromatic rings. The van der Waals surface area contributed by atoms with Crippen LogP contribution in [0.2, 0.25) is 0 Å². The second kappa shape index (κ2) is 9.16. The third kappa shape index (κ3) is 7.10. The van der Waals surface area contributed by atoms with Crippen molar-refractivity contribution in [2.45, 2.75) is 38.4 Å². The van der Waals surface area contributed by atoms with Gasteiger partial charge in [-0.1, -0.05) is 30.3 Å². The maximum atomic E-state index is 9.38. The summed E-state index contributed by atoms with van der Waals surface area (Å²) in [5, 5.41) is 18.0. The molecule has 0 heterocycles. The molecule has 0 radical (unpaired) electrons. The van der Waals surface area contributed by atoms with Crippen molar-refractivity contribution in [2.24, 2.45) is 0 Å². The molecule has 1 rings (SSSR count). The first-order valence-electron chi connectivity index (χ1n) is 6.23. The van der Waals surface area contributed by atoms with E-state index in [1.807, 2.05) is 30.3 Å². The predicted molar refractivity (Wildman–Crippen MR) is 67.7 cm³/mol. The summed E-state index contributed by atoms with van der Waals surface area (Å²) in [6.45, 7) is 1.44. The molecule has 0 aliphatic rings. The van der Waals surface area contributed by atoms with Crippen LogP contribution in [0.3, 0.4) is 0 Å². The van der Waals surface area contributed by atoms with Crippen molar-refractivity contribution in [1.29, 1.82) is 0 Å². The topological polar surface area (TPSA) is 49.7 Å². The van der Waals surface area contributed by atoms with E-state index in [-0.39, 0.29) is 12.7 Å². The van der Waals surface area contributed by atoms with Crippen LogP contribution in [0.1, 0.15) is 31.2 Å². The van der Waals surface area contributed by atoms with Crippen LogP contribution in [0.15, 0.2) is 30.3 Å². The van der Waals surface area contributed by atoms with Crippen LogP contribution in [0.25, 0.3) is 0 Å². The molecule has 1 aromatic carbocycles. The molecule has 0 spiro atoms. The van der Waals surface area contributed by atoms with Gasteiger partial charge in [-0.25, -0.2) is 0 Å². The Bertz CT molecular complexity index is 274. The number of rotatable bonds is 9. The molecule has 0 fully saturated rings. The molecule has 0 bridgehead atoms. The van der Waals surface area contributed by atoms with Gasteiger partial charge >= 0.3 is 0 Å². The lowest BCUT2D eigenvalue weighted by Gasteiger charge is -2.08. The summed E-state index contributed by atoms with van der Waals surface area (Å²) >= 11 is 0.